The van der Waals surface area contributed by atoms with Crippen LogP contribution in [0.4, 0.5) is 5.69 Å². The van der Waals surface area contributed by atoms with E-state index in [1.54, 1.807) is 0 Å². The minimum Gasteiger partial charge on any atom is -0.380 e. The highest BCUT2D eigenvalue weighted by Crippen LogP contribution is 2.43. The quantitative estimate of drug-likeness (QED) is 0.736. The number of hydrogen-bond acceptors (Lipinski definition) is 1. The van der Waals surface area contributed by atoms with E-state index in [1.807, 2.05) is 0 Å². The second-order valence-corrected chi connectivity index (χ2v) is 6.46. The molecule has 2 rings (SSSR count). The fraction of sp³-hybridized carbons (Fsp3) is 0.467. The van der Waals surface area contributed by atoms with Crippen LogP contribution >= 0.6 is 0 Å². The number of hydrogen-bond donors (Lipinski definition) is 1. The summed E-state index contributed by atoms with van der Waals surface area (Å²) < 4.78 is 0. The van der Waals surface area contributed by atoms with Crippen molar-refractivity contribution in [3.05, 3.63) is 34.9 Å². The molecule has 1 nitrogen and oxygen atoms in total. The van der Waals surface area contributed by atoms with Crippen LogP contribution in [0.2, 0.25) is 0 Å². The van der Waals surface area contributed by atoms with Crippen LogP contribution in [0.1, 0.15) is 51.3 Å². The zero-order valence-corrected chi connectivity index (χ0v) is 12.3. The topological polar surface area (TPSA) is 12.0 Å². The highest BCUT2D eigenvalue weighted by Gasteiger charge is 2.26. The van der Waals surface area contributed by atoms with Crippen LogP contribution in [0.3, 0.4) is 0 Å². The predicted octanol–water partition coefficient (Wildman–Crippen LogP) is 3.91. The highest BCUT2D eigenvalue weighted by atomic mass is 28.1. The van der Waals surface area contributed by atoms with Crippen molar-refractivity contribution in [1.29, 1.82) is 0 Å². The van der Waals surface area contributed by atoms with Gasteiger partial charge in [0.1, 0.15) is 0 Å². The van der Waals surface area contributed by atoms with E-state index in [1.165, 1.54) is 28.0 Å². The Hall–Kier alpha value is -1.02. The maximum Gasteiger partial charge on any atom is 0.0423 e. The fourth-order valence-electron chi connectivity index (χ4n) is 2.38. The van der Waals surface area contributed by atoms with E-state index in [4.69, 9.17) is 0 Å². The SMILES string of the molecule is CC1=C(C)C([Si])c2cccc(NC(C)(C)C)c21. The van der Waals surface area contributed by atoms with Gasteiger partial charge < -0.3 is 5.32 Å². The molecule has 0 saturated heterocycles. The van der Waals surface area contributed by atoms with Gasteiger partial charge in [-0.05, 0) is 57.4 Å². The van der Waals surface area contributed by atoms with E-state index in [-0.39, 0.29) is 5.54 Å². The first-order valence-electron chi connectivity index (χ1n) is 6.11. The lowest BCUT2D eigenvalue weighted by atomic mass is 10.0. The monoisotopic (exact) mass is 242 g/mol. The zero-order chi connectivity index (χ0) is 12.8. The third kappa shape index (κ3) is 2.18. The molecule has 0 aliphatic heterocycles. The summed E-state index contributed by atoms with van der Waals surface area (Å²) in [6.45, 7) is 11.0. The Kier molecular flexibility index (Phi) is 2.94. The van der Waals surface area contributed by atoms with Gasteiger partial charge in [-0.2, -0.15) is 0 Å². The molecule has 1 aliphatic rings. The minimum absolute atomic E-state index is 0.0904. The van der Waals surface area contributed by atoms with Gasteiger partial charge >= 0.3 is 0 Å². The van der Waals surface area contributed by atoms with Gasteiger partial charge in [-0.3, -0.25) is 0 Å². The van der Waals surface area contributed by atoms with E-state index >= 15 is 0 Å². The minimum atomic E-state index is 0.0904. The summed E-state index contributed by atoms with van der Waals surface area (Å²) >= 11 is 0. The summed E-state index contributed by atoms with van der Waals surface area (Å²) in [7, 11) is 3.83. The van der Waals surface area contributed by atoms with Gasteiger partial charge in [0.2, 0.25) is 0 Å². The van der Waals surface area contributed by atoms with Crippen molar-refractivity contribution in [2.45, 2.75) is 45.7 Å². The van der Waals surface area contributed by atoms with E-state index in [2.05, 4.69) is 68.4 Å². The summed E-state index contributed by atoms with van der Waals surface area (Å²) in [6.07, 6.45) is 0. The van der Waals surface area contributed by atoms with Crippen LogP contribution in [0.5, 0.6) is 0 Å². The summed E-state index contributed by atoms with van der Waals surface area (Å²) in [4.78, 5) is 0. The van der Waals surface area contributed by atoms with Crippen LogP contribution in [0.15, 0.2) is 23.8 Å². The lowest BCUT2D eigenvalue weighted by Gasteiger charge is -2.24. The molecule has 0 amide bonds. The van der Waals surface area contributed by atoms with Gasteiger partial charge in [0.05, 0.1) is 0 Å². The van der Waals surface area contributed by atoms with Crippen molar-refractivity contribution in [1.82, 2.24) is 0 Å². The molecule has 17 heavy (non-hydrogen) atoms. The number of allylic oxidation sites excluding steroid dienone is 2. The van der Waals surface area contributed by atoms with Crippen LogP contribution in [0.25, 0.3) is 5.57 Å². The predicted molar refractivity (Wildman–Crippen MR) is 76.6 cm³/mol. The highest BCUT2D eigenvalue weighted by molar-refractivity contribution is 6.17. The number of anilines is 1. The second kappa shape index (κ2) is 4.02. The molecule has 2 heteroatoms. The van der Waals surface area contributed by atoms with Crippen LogP contribution in [-0.2, 0) is 0 Å². The number of nitrogens with one attached hydrogen (secondary N) is 1. The Labute approximate surface area is 108 Å². The molecule has 0 spiro atoms. The third-order valence-electron chi connectivity index (χ3n) is 3.32. The average molecular weight is 242 g/mol. The van der Waals surface area contributed by atoms with Crippen LogP contribution in [-0.4, -0.2) is 15.8 Å². The molecule has 0 aromatic heterocycles. The maximum absolute atomic E-state index is 3.83. The number of rotatable bonds is 1. The second-order valence-electron chi connectivity index (χ2n) is 5.89. The van der Waals surface area contributed by atoms with Gasteiger partial charge in [-0.15, -0.1) is 0 Å². The van der Waals surface area contributed by atoms with Crippen molar-refractivity contribution in [3.63, 3.8) is 0 Å². The van der Waals surface area contributed by atoms with Crippen molar-refractivity contribution in [2.24, 2.45) is 0 Å². The molecule has 0 saturated carbocycles. The first-order valence-corrected chi connectivity index (χ1v) is 6.69. The van der Waals surface area contributed by atoms with E-state index < -0.39 is 0 Å². The van der Waals surface area contributed by atoms with Crippen LogP contribution in [0, 0.1) is 0 Å². The lowest BCUT2D eigenvalue weighted by Crippen LogP contribution is -2.26. The van der Waals surface area contributed by atoms with Crippen molar-refractivity contribution < 1.29 is 0 Å². The molecule has 1 aromatic rings. The largest absolute Gasteiger partial charge is 0.380 e. The van der Waals surface area contributed by atoms with Crippen molar-refractivity contribution >= 4 is 21.5 Å². The number of benzene rings is 1. The molecule has 3 radical (unpaired) electrons. The smallest absolute Gasteiger partial charge is 0.0423 e. The Bertz CT molecular complexity index is 480. The van der Waals surface area contributed by atoms with Gasteiger partial charge in [0.15, 0.2) is 0 Å². The third-order valence-corrected chi connectivity index (χ3v) is 4.06. The molecule has 1 atom stereocenters. The van der Waals surface area contributed by atoms with Gasteiger partial charge in [0, 0.05) is 27.0 Å². The van der Waals surface area contributed by atoms with Crippen molar-refractivity contribution in [2.75, 3.05) is 5.32 Å². The Morgan fingerprint density at radius 3 is 2.41 bits per heavy atom. The maximum atomic E-state index is 3.83. The molecule has 0 heterocycles. The molecule has 0 bridgehead atoms. The molecular formula is C15H20NSi. The van der Waals surface area contributed by atoms with E-state index in [9.17, 15) is 0 Å². The first-order chi connectivity index (χ1) is 7.81. The van der Waals surface area contributed by atoms with Gasteiger partial charge in [-0.25, -0.2) is 0 Å². The van der Waals surface area contributed by atoms with E-state index in [0.29, 0.717) is 5.54 Å². The standard InChI is InChI=1S/C15H20NSi/c1-9-10(2)14(17)11-7-6-8-12(13(9)11)16-15(3,4)5/h6-8,14,16H,1-5H3. The van der Waals surface area contributed by atoms with Gasteiger partial charge in [-0.1, -0.05) is 17.7 Å². The molecule has 0 fully saturated rings. The number of fused-ring (bicyclic) bond motifs is 1. The summed E-state index contributed by atoms with van der Waals surface area (Å²) in [5, 5.41) is 3.60. The molecule has 1 unspecified atom stereocenters. The summed E-state index contributed by atoms with van der Waals surface area (Å²) in [6, 6.07) is 6.51. The zero-order valence-electron chi connectivity index (χ0n) is 11.3. The average Bonchev–Trinajstić information content (AvgIpc) is 2.43. The molecule has 1 N–H and O–H groups in total. The van der Waals surface area contributed by atoms with Crippen LogP contribution < -0.4 is 5.32 Å². The Morgan fingerprint density at radius 2 is 1.82 bits per heavy atom. The normalized spacial score (nSPS) is 19.5. The molecular weight excluding hydrogens is 222 g/mol. The Morgan fingerprint density at radius 1 is 1.18 bits per heavy atom. The first kappa shape index (κ1) is 12.4. The van der Waals surface area contributed by atoms with Crippen molar-refractivity contribution in [3.8, 4) is 0 Å². The molecule has 89 valence electrons. The lowest BCUT2D eigenvalue weighted by molar-refractivity contribution is 0.634. The summed E-state index contributed by atoms with van der Waals surface area (Å²) in [5.41, 5.74) is 7.27. The summed E-state index contributed by atoms with van der Waals surface area (Å²) in [5.74, 6) is 0. The van der Waals surface area contributed by atoms with E-state index in [0.717, 1.165) is 0 Å². The molecule has 1 aromatic carbocycles. The fourth-order valence-corrected chi connectivity index (χ4v) is 2.84. The Balaban J connectivity index is 2.53. The van der Waals surface area contributed by atoms with Gasteiger partial charge in [0.25, 0.3) is 0 Å². The molecule has 1 aliphatic carbocycles.